The Morgan fingerprint density at radius 1 is 1.56 bits per heavy atom. The topological polar surface area (TPSA) is 35.2 Å². The van der Waals surface area contributed by atoms with Crippen molar-refractivity contribution in [2.75, 3.05) is 6.61 Å². The maximum Gasteiger partial charge on any atom is 0.0722 e. The second kappa shape index (κ2) is 5.13. The Hall–Kier alpha value is -0.640. The van der Waals surface area contributed by atoms with E-state index >= 15 is 0 Å². The van der Waals surface area contributed by atoms with Gasteiger partial charge >= 0.3 is 0 Å². The van der Waals surface area contributed by atoms with E-state index in [0.29, 0.717) is 6.61 Å². The van der Waals surface area contributed by atoms with Crippen LogP contribution in [0, 0.1) is 0 Å². The highest BCUT2D eigenvalue weighted by molar-refractivity contribution is 9.10. The standard InChI is InChI=1S/C13H16BrNO/c1-2-3-13(15)11-7-10(14)6-9-4-5-16-8-12(9)11/h2,6-7,13H,1,3-5,8,15H2. The van der Waals surface area contributed by atoms with Crippen molar-refractivity contribution in [2.45, 2.75) is 25.5 Å². The Morgan fingerprint density at radius 3 is 3.12 bits per heavy atom. The van der Waals surface area contributed by atoms with Gasteiger partial charge in [0.2, 0.25) is 0 Å². The van der Waals surface area contributed by atoms with Crippen LogP contribution in [0.25, 0.3) is 0 Å². The fourth-order valence-corrected chi connectivity index (χ4v) is 2.63. The van der Waals surface area contributed by atoms with Crippen molar-refractivity contribution in [3.8, 4) is 0 Å². The highest BCUT2D eigenvalue weighted by Crippen LogP contribution is 2.30. The lowest BCUT2D eigenvalue weighted by Gasteiger charge is -2.23. The zero-order chi connectivity index (χ0) is 11.5. The lowest BCUT2D eigenvalue weighted by Crippen LogP contribution is -2.18. The van der Waals surface area contributed by atoms with Crippen LogP contribution in [0.2, 0.25) is 0 Å². The number of nitrogens with two attached hydrogens (primary N) is 1. The highest BCUT2D eigenvalue weighted by atomic mass is 79.9. The van der Waals surface area contributed by atoms with Gasteiger partial charge in [0.25, 0.3) is 0 Å². The average molecular weight is 282 g/mol. The normalized spacial score (nSPS) is 16.6. The van der Waals surface area contributed by atoms with Crippen molar-refractivity contribution < 1.29 is 4.74 Å². The summed E-state index contributed by atoms with van der Waals surface area (Å²) in [6, 6.07) is 4.29. The first-order valence-corrected chi connectivity index (χ1v) is 6.27. The summed E-state index contributed by atoms with van der Waals surface area (Å²) in [4.78, 5) is 0. The van der Waals surface area contributed by atoms with Crippen molar-refractivity contribution in [2.24, 2.45) is 5.73 Å². The molecule has 1 aromatic carbocycles. The molecule has 0 fully saturated rings. The van der Waals surface area contributed by atoms with Gasteiger partial charge in [0.1, 0.15) is 0 Å². The predicted molar refractivity (Wildman–Crippen MR) is 69.2 cm³/mol. The van der Waals surface area contributed by atoms with Gasteiger partial charge in [0.15, 0.2) is 0 Å². The number of fused-ring (bicyclic) bond motifs is 1. The monoisotopic (exact) mass is 281 g/mol. The second-order valence-electron chi connectivity index (χ2n) is 4.07. The molecule has 86 valence electrons. The fourth-order valence-electron chi connectivity index (χ4n) is 2.11. The Kier molecular flexibility index (Phi) is 3.79. The van der Waals surface area contributed by atoms with Crippen LogP contribution in [0.5, 0.6) is 0 Å². The first-order chi connectivity index (χ1) is 7.72. The Morgan fingerprint density at radius 2 is 2.38 bits per heavy atom. The van der Waals surface area contributed by atoms with E-state index in [1.54, 1.807) is 0 Å². The minimum absolute atomic E-state index is 0.0189. The minimum atomic E-state index is 0.0189. The van der Waals surface area contributed by atoms with Gasteiger partial charge in [-0.15, -0.1) is 6.58 Å². The van der Waals surface area contributed by atoms with Crippen LogP contribution in [0.15, 0.2) is 29.3 Å². The molecule has 0 aromatic heterocycles. The van der Waals surface area contributed by atoms with Crippen molar-refractivity contribution in [1.82, 2.24) is 0 Å². The van der Waals surface area contributed by atoms with Gasteiger partial charge in [-0.3, -0.25) is 0 Å². The van der Waals surface area contributed by atoms with Gasteiger partial charge < -0.3 is 10.5 Å². The van der Waals surface area contributed by atoms with E-state index in [-0.39, 0.29) is 6.04 Å². The molecule has 0 saturated carbocycles. The van der Waals surface area contributed by atoms with Crippen LogP contribution >= 0.6 is 15.9 Å². The summed E-state index contributed by atoms with van der Waals surface area (Å²) < 4.78 is 6.61. The number of hydrogen-bond donors (Lipinski definition) is 1. The van der Waals surface area contributed by atoms with Crippen molar-refractivity contribution in [3.05, 3.63) is 46.0 Å². The lowest BCUT2D eigenvalue weighted by atomic mass is 9.92. The van der Waals surface area contributed by atoms with Crippen molar-refractivity contribution >= 4 is 15.9 Å². The zero-order valence-corrected chi connectivity index (χ0v) is 10.8. The Balaban J connectivity index is 2.42. The van der Waals surface area contributed by atoms with Gasteiger partial charge in [0.05, 0.1) is 13.2 Å². The molecule has 1 atom stereocenters. The van der Waals surface area contributed by atoms with E-state index < -0.39 is 0 Å². The first kappa shape index (κ1) is 11.8. The first-order valence-electron chi connectivity index (χ1n) is 5.47. The SMILES string of the molecule is C=CCC(N)c1cc(Br)cc2c1COCC2. The maximum absolute atomic E-state index is 6.15. The summed E-state index contributed by atoms with van der Waals surface area (Å²) in [5.41, 5.74) is 9.96. The van der Waals surface area contributed by atoms with E-state index in [1.165, 1.54) is 16.7 Å². The molecule has 3 heteroatoms. The van der Waals surface area contributed by atoms with E-state index in [2.05, 4.69) is 34.6 Å². The summed E-state index contributed by atoms with van der Waals surface area (Å²) in [6.07, 6.45) is 3.63. The molecule has 0 radical (unpaired) electrons. The molecule has 0 amide bonds. The van der Waals surface area contributed by atoms with Crippen LogP contribution < -0.4 is 5.73 Å². The molecule has 16 heavy (non-hydrogen) atoms. The summed E-state index contributed by atoms with van der Waals surface area (Å²) in [5, 5.41) is 0. The van der Waals surface area contributed by atoms with Crippen LogP contribution in [-0.4, -0.2) is 6.61 Å². The Labute approximate surface area is 105 Å². The molecule has 0 bridgehead atoms. The quantitative estimate of drug-likeness (QED) is 0.865. The molecule has 2 rings (SSSR count). The molecule has 2 nitrogen and oxygen atoms in total. The smallest absolute Gasteiger partial charge is 0.0722 e. The molecule has 1 aliphatic heterocycles. The third-order valence-electron chi connectivity index (χ3n) is 2.92. The molecule has 2 N–H and O–H groups in total. The molecule has 1 aliphatic rings. The van der Waals surface area contributed by atoms with E-state index in [4.69, 9.17) is 10.5 Å². The van der Waals surface area contributed by atoms with Crippen LogP contribution in [0.3, 0.4) is 0 Å². The zero-order valence-electron chi connectivity index (χ0n) is 9.21. The average Bonchev–Trinajstić information content (AvgIpc) is 2.28. The van der Waals surface area contributed by atoms with Crippen LogP contribution in [0.4, 0.5) is 0 Å². The molecular formula is C13H16BrNO. The fraction of sp³-hybridized carbons (Fsp3) is 0.385. The maximum atomic E-state index is 6.15. The third kappa shape index (κ3) is 2.37. The van der Waals surface area contributed by atoms with Crippen molar-refractivity contribution in [3.63, 3.8) is 0 Å². The number of benzene rings is 1. The second-order valence-corrected chi connectivity index (χ2v) is 4.98. The van der Waals surface area contributed by atoms with Gasteiger partial charge in [0, 0.05) is 10.5 Å². The van der Waals surface area contributed by atoms with Crippen molar-refractivity contribution in [1.29, 1.82) is 0 Å². The number of halogens is 1. The molecule has 1 aromatic rings. The predicted octanol–water partition coefficient (Wildman–Crippen LogP) is 3.10. The highest BCUT2D eigenvalue weighted by Gasteiger charge is 2.18. The summed E-state index contributed by atoms with van der Waals surface area (Å²) in [6.45, 7) is 5.23. The molecule has 0 spiro atoms. The summed E-state index contributed by atoms with van der Waals surface area (Å²) >= 11 is 3.54. The number of rotatable bonds is 3. The number of ether oxygens (including phenoxy) is 1. The molecular weight excluding hydrogens is 266 g/mol. The van der Waals surface area contributed by atoms with E-state index in [1.807, 2.05) is 6.08 Å². The molecule has 0 saturated heterocycles. The minimum Gasteiger partial charge on any atom is -0.376 e. The Bertz CT molecular complexity index is 403. The molecule has 0 aliphatic carbocycles. The van der Waals surface area contributed by atoms with Gasteiger partial charge in [-0.05, 0) is 41.7 Å². The molecule has 1 heterocycles. The van der Waals surface area contributed by atoms with Gasteiger partial charge in [-0.2, -0.15) is 0 Å². The summed E-state index contributed by atoms with van der Waals surface area (Å²) in [7, 11) is 0. The summed E-state index contributed by atoms with van der Waals surface area (Å²) in [5.74, 6) is 0. The lowest BCUT2D eigenvalue weighted by molar-refractivity contribution is 0.109. The molecule has 1 unspecified atom stereocenters. The van der Waals surface area contributed by atoms with Crippen LogP contribution in [-0.2, 0) is 17.8 Å². The van der Waals surface area contributed by atoms with E-state index in [9.17, 15) is 0 Å². The number of hydrogen-bond acceptors (Lipinski definition) is 2. The van der Waals surface area contributed by atoms with Gasteiger partial charge in [-0.1, -0.05) is 22.0 Å². The van der Waals surface area contributed by atoms with Gasteiger partial charge in [-0.25, -0.2) is 0 Å². The van der Waals surface area contributed by atoms with Crippen LogP contribution in [0.1, 0.15) is 29.2 Å². The van der Waals surface area contributed by atoms with E-state index in [0.717, 1.165) is 23.9 Å². The third-order valence-corrected chi connectivity index (χ3v) is 3.38. The largest absolute Gasteiger partial charge is 0.376 e.